The maximum absolute atomic E-state index is 12.4. The molecule has 0 radical (unpaired) electrons. The number of benzene rings is 1. The van der Waals surface area contributed by atoms with Gasteiger partial charge in [-0.3, -0.25) is 4.79 Å². The third kappa shape index (κ3) is 6.25. The van der Waals surface area contributed by atoms with Gasteiger partial charge in [-0.1, -0.05) is 30.3 Å². The highest BCUT2D eigenvalue weighted by Crippen LogP contribution is 2.14. The van der Waals surface area contributed by atoms with E-state index in [9.17, 15) is 9.59 Å². The Morgan fingerprint density at radius 2 is 1.71 bits per heavy atom. The van der Waals surface area contributed by atoms with Gasteiger partial charge in [-0.15, -0.1) is 0 Å². The summed E-state index contributed by atoms with van der Waals surface area (Å²) in [7, 11) is 3.53. The molecule has 0 aliphatic carbocycles. The van der Waals surface area contributed by atoms with Crippen LogP contribution in [0.3, 0.4) is 0 Å². The lowest BCUT2D eigenvalue weighted by Crippen LogP contribution is -2.28. The molecule has 1 aromatic carbocycles. The molecule has 0 spiro atoms. The molecule has 0 bridgehead atoms. The Bertz CT molecular complexity index is 525. The molecule has 0 amide bonds. The first-order valence-electron chi connectivity index (χ1n) is 6.88. The summed E-state index contributed by atoms with van der Waals surface area (Å²) in [5, 5.41) is 0. The number of nitrogens with zero attached hydrogens (tertiary/aromatic N) is 1. The summed E-state index contributed by atoms with van der Waals surface area (Å²) in [4.78, 5) is 26.2. The second-order valence-electron chi connectivity index (χ2n) is 6.09. The van der Waals surface area contributed by atoms with Crippen LogP contribution in [0, 0.1) is 0 Å². The monoisotopic (exact) mass is 289 g/mol. The third-order valence-corrected chi connectivity index (χ3v) is 2.51. The Labute approximate surface area is 126 Å². The van der Waals surface area contributed by atoms with Crippen LogP contribution in [0.5, 0.6) is 0 Å². The van der Waals surface area contributed by atoms with Crippen molar-refractivity contribution in [2.45, 2.75) is 32.8 Å². The van der Waals surface area contributed by atoms with E-state index >= 15 is 0 Å². The zero-order valence-corrected chi connectivity index (χ0v) is 13.3. The Balaban J connectivity index is 2.93. The van der Waals surface area contributed by atoms with E-state index in [4.69, 9.17) is 4.74 Å². The molecule has 0 unspecified atom stereocenters. The predicted molar refractivity (Wildman–Crippen MR) is 82.8 cm³/mol. The number of carbonyl (C=O) groups is 2. The minimum atomic E-state index is -0.629. The predicted octanol–water partition coefficient (Wildman–Crippen LogP) is 2.59. The highest BCUT2D eigenvalue weighted by Gasteiger charge is 2.25. The van der Waals surface area contributed by atoms with Gasteiger partial charge in [0, 0.05) is 26.7 Å². The lowest BCUT2D eigenvalue weighted by atomic mass is 10.0. The van der Waals surface area contributed by atoms with Crippen molar-refractivity contribution in [3.63, 3.8) is 0 Å². The quantitative estimate of drug-likeness (QED) is 0.362. The standard InChI is InChI=1S/C17H23NO3/c1-17(2,3)21-16(20)14(12-18(4)5)15(19)11-13-9-7-6-8-10-13/h6-10,12H,11H2,1-5H3/b14-12-. The molecule has 1 aromatic rings. The van der Waals surface area contributed by atoms with E-state index in [2.05, 4.69) is 0 Å². The van der Waals surface area contributed by atoms with Crippen molar-refractivity contribution in [2.75, 3.05) is 14.1 Å². The minimum absolute atomic E-state index is 0.0683. The van der Waals surface area contributed by atoms with E-state index in [1.165, 1.54) is 6.20 Å². The lowest BCUT2D eigenvalue weighted by Gasteiger charge is -2.21. The second kappa shape index (κ2) is 7.07. The van der Waals surface area contributed by atoms with Gasteiger partial charge in [0.2, 0.25) is 0 Å². The summed E-state index contributed by atoms with van der Waals surface area (Å²) in [6.07, 6.45) is 1.69. The fraction of sp³-hybridized carbons (Fsp3) is 0.412. The molecule has 0 aliphatic rings. The van der Waals surface area contributed by atoms with Gasteiger partial charge in [-0.25, -0.2) is 4.79 Å². The van der Waals surface area contributed by atoms with Gasteiger partial charge in [0.25, 0.3) is 0 Å². The highest BCUT2D eigenvalue weighted by atomic mass is 16.6. The van der Waals surface area contributed by atoms with E-state index in [1.54, 1.807) is 39.8 Å². The van der Waals surface area contributed by atoms with Gasteiger partial charge in [0.1, 0.15) is 11.2 Å². The number of carbonyl (C=O) groups excluding carboxylic acids is 2. The van der Waals surface area contributed by atoms with E-state index < -0.39 is 11.6 Å². The Morgan fingerprint density at radius 1 is 1.14 bits per heavy atom. The molecule has 4 nitrogen and oxygen atoms in total. The number of hydrogen-bond acceptors (Lipinski definition) is 4. The van der Waals surface area contributed by atoms with E-state index in [-0.39, 0.29) is 17.8 Å². The lowest BCUT2D eigenvalue weighted by molar-refractivity contribution is -0.150. The van der Waals surface area contributed by atoms with Crippen LogP contribution in [0.4, 0.5) is 0 Å². The van der Waals surface area contributed by atoms with Gasteiger partial charge >= 0.3 is 5.97 Å². The van der Waals surface area contributed by atoms with Crippen molar-refractivity contribution >= 4 is 11.8 Å². The van der Waals surface area contributed by atoms with Gasteiger partial charge in [-0.05, 0) is 26.3 Å². The Hall–Kier alpha value is -2.10. The first kappa shape index (κ1) is 17.0. The molecule has 0 saturated carbocycles. The van der Waals surface area contributed by atoms with Gasteiger partial charge in [-0.2, -0.15) is 0 Å². The molecule has 4 heteroatoms. The number of Topliss-reactive ketones (excluding diaryl/α,β-unsaturated/α-hetero) is 1. The van der Waals surface area contributed by atoms with Crippen LogP contribution in [0.2, 0.25) is 0 Å². The summed E-state index contributed by atoms with van der Waals surface area (Å²) in [5.74, 6) is -0.832. The zero-order valence-electron chi connectivity index (χ0n) is 13.3. The van der Waals surface area contributed by atoms with Crippen molar-refractivity contribution in [3.8, 4) is 0 Å². The van der Waals surface area contributed by atoms with Crippen LogP contribution in [-0.2, 0) is 20.7 Å². The average Bonchev–Trinajstić information content (AvgIpc) is 2.34. The molecular formula is C17H23NO3. The van der Waals surface area contributed by atoms with E-state index in [0.717, 1.165) is 5.56 Å². The fourth-order valence-corrected chi connectivity index (χ4v) is 1.71. The fourth-order valence-electron chi connectivity index (χ4n) is 1.71. The normalized spacial score (nSPS) is 12.0. The summed E-state index contributed by atoms with van der Waals surface area (Å²) in [6.45, 7) is 5.33. The highest BCUT2D eigenvalue weighted by molar-refractivity contribution is 6.17. The van der Waals surface area contributed by atoms with Crippen LogP contribution in [0.15, 0.2) is 42.1 Å². The van der Waals surface area contributed by atoms with Crippen LogP contribution in [0.25, 0.3) is 0 Å². The van der Waals surface area contributed by atoms with Crippen molar-refractivity contribution < 1.29 is 14.3 Å². The minimum Gasteiger partial charge on any atom is -0.456 e. The average molecular weight is 289 g/mol. The van der Waals surface area contributed by atoms with Crippen LogP contribution in [-0.4, -0.2) is 36.3 Å². The van der Waals surface area contributed by atoms with E-state index in [0.29, 0.717) is 0 Å². The summed E-state index contributed by atoms with van der Waals surface area (Å²) in [6, 6.07) is 9.34. The largest absolute Gasteiger partial charge is 0.456 e. The molecule has 1 rings (SSSR count). The number of ketones is 1. The number of rotatable bonds is 5. The maximum atomic E-state index is 12.4. The second-order valence-corrected chi connectivity index (χ2v) is 6.09. The molecular weight excluding hydrogens is 266 g/mol. The van der Waals surface area contributed by atoms with Crippen molar-refractivity contribution in [2.24, 2.45) is 0 Å². The topological polar surface area (TPSA) is 46.6 Å². The molecule has 0 fully saturated rings. The maximum Gasteiger partial charge on any atom is 0.343 e. The molecule has 0 saturated heterocycles. The van der Waals surface area contributed by atoms with Gasteiger partial charge in [0.15, 0.2) is 5.78 Å². The first-order chi connectivity index (χ1) is 9.69. The summed E-state index contributed by atoms with van der Waals surface area (Å²) in [5.41, 5.74) is 0.310. The van der Waals surface area contributed by atoms with Gasteiger partial charge < -0.3 is 9.64 Å². The van der Waals surface area contributed by atoms with Crippen LogP contribution in [0.1, 0.15) is 26.3 Å². The van der Waals surface area contributed by atoms with Crippen LogP contribution < -0.4 is 0 Å². The smallest absolute Gasteiger partial charge is 0.343 e. The molecule has 0 aliphatic heterocycles. The van der Waals surface area contributed by atoms with Crippen molar-refractivity contribution in [1.29, 1.82) is 0 Å². The number of hydrogen-bond donors (Lipinski definition) is 0. The Kier molecular flexibility index (Phi) is 5.70. The molecule has 0 atom stereocenters. The van der Waals surface area contributed by atoms with Crippen molar-refractivity contribution in [1.82, 2.24) is 4.90 Å². The van der Waals surface area contributed by atoms with Crippen LogP contribution >= 0.6 is 0 Å². The molecule has 0 heterocycles. The number of esters is 1. The number of ether oxygens (including phenoxy) is 1. The molecule has 0 N–H and O–H groups in total. The third-order valence-electron chi connectivity index (χ3n) is 2.51. The SMILES string of the molecule is CN(C)/C=C(/C(=O)Cc1ccccc1)C(=O)OC(C)(C)C. The zero-order chi connectivity index (χ0) is 16.0. The Morgan fingerprint density at radius 3 is 2.19 bits per heavy atom. The molecule has 114 valence electrons. The van der Waals surface area contributed by atoms with E-state index in [1.807, 2.05) is 30.3 Å². The van der Waals surface area contributed by atoms with Gasteiger partial charge in [0.05, 0.1) is 0 Å². The summed E-state index contributed by atoms with van der Waals surface area (Å²) < 4.78 is 5.30. The summed E-state index contributed by atoms with van der Waals surface area (Å²) >= 11 is 0. The molecule has 0 aromatic heterocycles. The first-order valence-corrected chi connectivity index (χ1v) is 6.88. The van der Waals surface area contributed by atoms with Crippen molar-refractivity contribution in [3.05, 3.63) is 47.7 Å². The molecule has 21 heavy (non-hydrogen) atoms.